The maximum Gasteiger partial charge on any atom is 0.153 e. The number of aromatic nitrogens is 4. The second-order valence-corrected chi connectivity index (χ2v) is 5.14. The molecule has 2 heterocycles. The summed E-state index contributed by atoms with van der Waals surface area (Å²) in [5.74, 6) is 0. The molecule has 0 unspecified atom stereocenters. The summed E-state index contributed by atoms with van der Waals surface area (Å²) in [6.07, 6.45) is 6.17. The fraction of sp³-hybridized carbons (Fsp3) is 0.188. The van der Waals surface area contributed by atoms with E-state index in [0.29, 0.717) is 17.8 Å². The SMILES string of the molecule is Cc1ccc(Cn2cc(C=O)c(-c3cnn(C)c3)n2)cc1. The van der Waals surface area contributed by atoms with Crippen LogP contribution >= 0.6 is 0 Å². The van der Waals surface area contributed by atoms with Crippen LogP contribution in [0, 0.1) is 6.92 Å². The van der Waals surface area contributed by atoms with Crippen molar-refractivity contribution in [2.24, 2.45) is 7.05 Å². The van der Waals surface area contributed by atoms with E-state index in [4.69, 9.17) is 0 Å². The number of aryl methyl sites for hydroxylation is 2. The van der Waals surface area contributed by atoms with E-state index in [9.17, 15) is 4.79 Å². The second kappa shape index (κ2) is 5.36. The third-order valence-corrected chi connectivity index (χ3v) is 3.36. The number of aldehydes is 1. The molecular formula is C16H16N4O. The molecule has 0 aliphatic heterocycles. The predicted octanol–water partition coefficient (Wildman–Crippen LogP) is 2.45. The average molecular weight is 280 g/mol. The molecule has 0 saturated heterocycles. The van der Waals surface area contributed by atoms with Crippen LogP contribution in [0.5, 0.6) is 0 Å². The lowest BCUT2D eigenvalue weighted by Gasteiger charge is -2.02. The van der Waals surface area contributed by atoms with Crippen molar-refractivity contribution in [3.63, 3.8) is 0 Å². The Morgan fingerprint density at radius 3 is 2.57 bits per heavy atom. The fourth-order valence-electron chi connectivity index (χ4n) is 2.25. The molecule has 1 aromatic carbocycles. The van der Waals surface area contributed by atoms with Crippen molar-refractivity contribution in [1.82, 2.24) is 19.6 Å². The lowest BCUT2D eigenvalue weighted by Crippen LogP contribution is -2.00. The first-order valence-corrected chi connectivity index (χ1v) is 6.73. The molecule has 0 radical (unpaired) electrons. The van der Waals surface area contributed by atoms with E-state index in [2.05, 4.69) is 41.4 Å². The van der Waals surface area contributed by atoms with Crippen LogP contribution in [0.2, 0.25) is 0 Å². The Kier molecular flexibility index (Phi) is 3.39. The summed E-state index contributed by atoms with van der Waals surface area (Å²) in [5, 5.41) is 8.64. The van der Waals surface area contributed by atoms with Gasteiger partial charge in [0.1, 0.15) is 5.69 Å². The molecule has 0 amide bonds. The zero-order valence-electron chi connectivity index (χ0n) is 12.0. The molecule has 3 rings (SSSR count). The van der Waals surface area contributed by atoms with Crippen LogP contribution in [-0.4, -0.2) is 25.8 Å². The summed E-state index contributed by atoms with van der Waals surface area (Å²) in [6, 6.07) is 8.28. The van der Waals surface area contributed by atoms with Crippen molar-refractivity contribution in [3.8, 4) is 11.3 Å². The lowest BCUT2D eigenvalue weighted by molar-refractivity contribution is 0.112. The minimum atomic E-state index is 0.579. The van der Waals surface area contributed by atoms with Gasteiger partial charge in [-0.2, -0.15) is 10.2 Å². The second-order valence-electron chi connectivity index (χ2n) is 5.14. The molecule has 0 bridgehead atoms. The third kappa shape index (κ3) is 2.76. The van der Waals surface area contributed by atoms with Crippen molar-refractivity contribution in [2.45, 2.75) is 13.5 Å². The van der Waals surface area contributed by atoms with Gasteiger partial charge >= 0.3 is 0 Å². The van der Waals surface area contributed by atoms with Gasteiger partial charge in [-0.3, -0.25) is 14.2 Å². The van der Waals surface area contributed by atoms with Crippen LogP contribution in [0.3, 0.4) is 0 Å². The molecule has 106 valence electrons. The Morgan fingerprint density at radius 2 is 1.95 bits per heavy atom. The summed E-state index contributed by atoms with van der Waals surface area (Å²) < 4.78 is 3.49. The highest BCUT2D eigenvalue weighted by Gasteiger charge is 2.12. The molecule has 0 fully saturated rings. The van der Waals surface area contributed by atoms with E-state index in [0.717, 1.165) is 17.4 Å². The first-order chi connectivity index (χ1) is 10.2. The van der Waals surface area contributed by atoms with E-state index < -0.39 is 0 Å². The zero-order valence-corrected chi connectivity index (χ0v) is 12.0. The molecule has 2 aromatic heterocycles. The third-order valence-electron chi connectivity index (χ3n) is 3.36. The molecule has 0 aliphatic carbocycles. The predicted molar refractivity (Wildman–Crippen MR) is 80.1 cm³/mol. The van der Waals surface area contributed by atoms with Crippen LogP contribution in [0.25, 0.3) is 11.3 Å². The molecular weight excluding hydrogens is 264 g/mol. The highest BCUT2D eigenvalue weighted by atomic mass is 16.1. The number of hydrogen-bond donors (Lipinski definition) is 0. The Balaban J connectivity index is 1.92. The largest absolute Gasteiger partial charge is 0.298 e. The van der Waals surface area contributed by atoms with Crippen molar-refractivity contribution in [3.05, 3.63) is 59.5 Å². The summed E-state index contributed by atoms with van der Waals surface area (Å²) in [6.45, 7) is 2.70. The van der Waals surface area contributed by atoms with Crippen LogP contribution in [-0.2, 0) is 13.6 Å². The van der Waals surface area contributed by atoms with Gasteiger partial charge in [0.15, 0.2) is 6.29 Å². The topological polar surface area (TPSA) is 52.7 Å². The van der Waals surface area contributed by atoms with Crippen LogP contribution in [0.1, 0.15) is 21.5 Å². The van der Waals surface area contributed by atoms with Crippen molar-refractivity contribution in [1.29, 1.82) is 0 Å². The number of rotatable bonds is 4. The fourth-order valence-corrected chi connectivity index (χ4v) is 2.25. The van der Waals surface area contributed by atoms with Gasteiger partial charge in [-0.15, -0.1) is 0 Å². The molecule has 3 aromatic rings. The standard InChI is InChI=1S/C16H16N4O/c1-12-3-5-13(6-4-12)8-20-10-15(11-21)16(18-20)14-7-17-19(2)9-14/h3-7,9-11H,8H2,1-2H3. The van der Waals surface area contributed by atoms with Crippen LogP contribution in [0.15, 0.2) is 42.9 Å². The maximum atomic E-state index is 11.2. The first-order valence-electron chi connectivity index (χ1n) is 6.73. The Bertz CT molecular complexity index is 768. The van der Waals surface area contributed by atoms with E-state index in [1.165, 1.54) is 5.56 Å². The Hall–Kier alpha value is -2.69. The minimum Gasteiger partial charge on any atom is -0.298 e. The summed E-state index contributed by atoms with van der Waals surface area (Å²) >= 11 is 0. The number of benzene rings is 1. The van der Waals surface area contributed by atoms with Crippen LogP contribution in [0.4, 0.5) is 0 Å². The lowest BCUT2D eigenvalue weighted by atomic mass is 10.1. The van der Waals surface area contributed by atoms with Gasteiger partial charge in [0.25, 0.3) is 0 Å². The van der Waals surface area contributed by atoms with Gasteiger partial charge in [-0.25, -0.2) is 0 Å². The summed E-state index contributed by atoms with van der Waals surface area (Å²) in [5.41, 5.74) is 4.48. The van der Waals surface area contributed by atoms with Crippen molar-refractivity contribution < 1.29 is 4.79 Å². The van der Waals surface area contributed by atoms with Crippen molar-refractivity contribution >= 4 is 6.29 Å². The molecule has 0 spiro atoms. The average Bonchev–Trinajstić information content (AvgIpc) is 3.07. The van der Waals surface area contributed by atoms with E-state index in [1.54, 1.807) is 21.8 Å². The van der Waals surface area contributed by atoms with Gasteiger partial charge in [-0.05, 0) is 12.5 Å². The molecule has 5 nitrogen and oxygen atoms in total. The highest BCUT2D eigenvalue weighted by molar-refractivity contribution is 5.85. The van der Waals surface area contributed by atoms with Crippen molar-refractivity contribution in [2.75, 3.05) is 0 Å². The molecule has 21 heavy (non-hydrogen) atoms. The molecule has 0 N–H and O–H groups in total. The summed E-state index contributed by atoms with van der Waals surface area (Å²) in [4.78, 5) is 11.2. The van der Waals surface area contributed by atoms with E-state index in [1.807, 2.05) is 13.2 Å². The van der Waals surface area contributed by atoms with E-state index >= 15 is 0 Å². The zero-order chi connectivity index (χ0) is 14.8. The van der Waals surface area contributed by atoms with Gasteiger partial charge in [-0.1, -0.05) is 29.8 Å². The summed E-state index contributed by atoms with van der Waals surface area (Å²) in [7, 11) is 1.84. The number of carbonyl (C=O) groups excluding carboxylic acids is 1. The smallest absolute Gasteiger partial charge is 0.153 e. The van der Waals surface area contributed by atoms with Crippen LogP contribution < -0.4 is 0 Å². The Morgan fingerprint density at radius 1 is 1.19 bits per heavy atom. The number of hydrogen-bond acceptors (Lipinski definition) is 3. The first kappa shape index (κ1) is 13.3. The molecule has 5 heteroatoms. The normalized spacial score (nSPS) is 10.8. The quantitative estimate of drug-likeness (QED) is 0.690. The maximum absolute atomic E-state index is 11.2. The number of nitrogens with zero attached hydrogens (tertiary/aromatic N) is 4. The molecule has 0 aliphatic rings. The minimum absolute atomic E-state index is 0.579. The highest BCUT2D eigenvalue weighted by Crippen LogP contribution is 2.20. The van der Waals surface area contributed by atoms with Gasteiger partial charge < -0.3 is 0 Å². The van der Waals surface area contributed by atoms with Gasteiger partial charge in [0, 0.05) is 25.0 Å². The number of carbonyl (C=O) groups is 1. The van der Waals surface area contributed by atoms with Gasteiger partial charge in [0.05, 0.1) is 18.3 Å². The molecule has 0 atom stereocenters. The Labute approximate surface area is 122 Å². The monoisotopic (exact) mass is 280 g/mol. The van der Waals surface area contributed by atoms with Gasteiger partial charge in [0.2, 0.25) is 0 Å². The van der Waals surface area contributed by atoms with E-state index in [-0.39, 0.29) is 0 Å². The molecule has 0 saturated carbocycles.